The molecule has 8 atom stereocenters. The van der Waals surface area contributed by atoms with Gasteiger partial charge in [-0.1, -0.05) is 6.92 Å². The van der Waals surface area contributed by atoms with Gasteiger partial charge in [-0.3, -0.25) is 0 Å². The van der Waals surface area contributed by atoms with Gasteiger partial charge in [-0.05, 0) is 25.7 Å². The number of ether oxygens (including phenoxy) is 2. The second-order valence-corrected chi connectivity index (χ2v) is 6.07. The predicted molar refractivity (Wildman–Crippen MR) is 69.6 cm³/mol. The third kappa shape index (κ3) is 2.71. The molecule has 1 aliphatic carbocycles. The Balaban J connectivity index is 2.13. The van der Waals surface area contributed by atoms with Crippen molar-refractivity contribution in [1.82, 2.24) is 0 Å². The topological polar surface area (TPSA) is 125 Å². The Labute approximate surface area is 118 Å². The minimum Gasteiger partial charge on any atom is -0.390 e. The summed E-state index contributed by atoms with van der Waals surface area (Å²) in [6.45, 7) is 3.41. The fraction of sp³-hybridized carbons (Fsp3) is 1.00. The Kier molecular flexibility index (Phi) is 4.70. The maximum atomic E-state index is 10.1. The minimum absolute atomic E-state index is 0.150. The number of aliphatic hydroxyl groups is 4. The Morgan fingerprint density at radius 3 is 2.30 bits per heavy atom. The number of aliphatic hydroxyl groups excluding tert-OH is 4. The molecule has 0 aromatic rings. The molecule has 6 N–H and O–H groups in total. The van der Waals surface area contributed by atoms with Crippen molar-refractivity contribution >= 4 is 0 Å². The van der Waals surface area contributed by atoms with Crippen LogP contribution in [0.15, 0.2) is 0 Å². The van der Waals surface area contributed by atoms with Crippen molar-refractivity contribution in [2.24, 2.45) is 11.7 Å². The Morgan fingerprint density at radius 1 is 1.15 bits per heavy atom. The fourth-order valence-corrected chi connectivity index (χ4v) is 3.09. The molecular formula is C13H25NO6. The molecule has 3 unspecified atom stereocenters. The van der Waals surface area contributed by atoms with Gasteiger partial charge in [0.25, 0.3) is 0 Å². The van der Waals surface area contributed by atoms with Crippen molar-refractivity contribution in [3.63, 3.8) is 0 Å². The quantitative estimate of drug-likeness (QED) is 0.420. The number of hydrogen-bond acceptors (Lipinski definition) is 7. The third-order valence-electron chi connectivity index (χ3n) is 4.33. The Hall–Kier alpha value is -0.280. The molecule has 118 valence electrons. The fourth-order valence-electron chi connectivity index (χ4n) is 3.09. The summed E-state index contributed by atoms with van der Waals surface area (Å²) in [5.41, 5.74) is 5.65. The van der Waals surface area contributed by atoms with Crippen molar-refractivity contribution in [2.75, 3.05) is 6.54 Å². The van der Waals surface area contributed by atoms with E-state index in [1.54, 1.807) is 6.92 Å². The second-order valence-electron chi connectivity index (χ2n) is 6.07. The van der Waals surface area contributed by atoms with Crippen LogP contribution in [0.3, 0.4) is 0 Å². The van der Waals surface area contributed by atoms with E-state index in [-0.39, 0.29) is 12.5 Å². The lowest BCUT2D eigenvalue weighted by molar-refractivity contribution is -0.294. The van der Waals surface area contributed by atoms with Crippen LogP contribution >= 0.6 is 0 Å². The smallest absolute Gasteiger partial charge is 0.210 e. The molecule has 7 nitrogen and oxygen atoms in total. The lowest BCUT2D eigenvalue weighted by Gasteiger charge is -2.41. The summed E-state index contributed by atoms with van der Waals surface area (Å²) in [4.78, 5) is 0. The van der Waals surface area contributed by atoms with Gasteiger partial charge >= 0.3 is 0 Å². The molecule has 1 saturated heterocycles. The molecule has 20 heavy (non-hydrogen) atoms. The van der Waals surface area contributed by atoms with Gasteiger partial charge in [0.15, 0.2) is 0 Å². The SMILES string of the molecule is CC1CC(O)[C@@H](O)[C@@H](O[C@]2(CN)O[C@H](C)C(O)[C@@H]2O)C1. The molecule has 0 radical (unpaired) electrons. The van der Waals surface area contributed by atoms with Gasteiger partial charge in [0.2, 0.25) is 5.79 Å². The number of hydrogen-bond donors (Lipinski definition) is 5. The first kappa shape index (κ1) is 16.1. The number of rotatable bonds is 3. The molecule has 0 aromatic heterocycles. The van der Waals surface area contributed by atoms with Crippen molar-refractivity contribution in [1.29, 1.82) is 0 Å². The van der Waals surface area contributed by atoms with E-state index in [0.29, 0.717) is 12.8 Å². The minimum atomic E-state index is -1.54. The standard InChI is InChI=1S/C13H25NO6/c1-6-3-8(15)11(17)9(4-6)20-13(5-14)12(18)10(16)7(2)19-13/h6-12,15-18H,3-5,14H2,1-2H3/t6?,7-,8?,9+,10?,11-,12+,13+/m1/s1. The van der Waals surface area contributed by atoms with Gasteiger partial charge in [-0.15, -0.1) is 0 Å². The van der Waals surface area contributed by atoms with Crippen molar-refractivity contribution in [3.8, 4) is 0 Å². The van der Waals surface area contributed by atoms with Crippen LogP contribution in [0.5, 0.6) is 0 Å². The highest BCUT2D eigenvalue weighted by Crippen LogP contribution is 2.36. The summed E-state index contributed by atoms with van der Waals surface area (Å²) in [6, 6.07) is 0. The molecule has 1 heterocycles. The van der Waals surface area contributed by atoms with Gasteiger partial charge < -0.3 is 35.6 Å². The lowest BCUT2D eigenvalue weighted by Crippen LogP contribution is -2.57. The van der Waals surface area contributed by atoms with Crippen molar-refractivity contribution in [3.05, 3.63) is 0 Å². The summed E-state index contributed by atoms with van der Waals surface area (Å²) in [7, 11) is 0. The van der Waals surface area contributed by atoms with Crippen LogP contribution in [0, 0.1) is 5.92 Å². The van der Waals surface area contributed by atoms with Gasteiger partial charge in [0, 0.05) is 0 Å². The van der Waals surface area contributed by atoms with E-state index in [0.717, 1.165) is 0 Å². The van der Waals surface area contributed by atoms with Crippen LogP contribution in [-0.2, 0) is 9.47 Å². The van der Waals surface area contributed by atoms with Crippen LogP contribution in [-0.4, -0.2) is 69.4 Å². The molecule has 2 fully saturated rings. The van der Waals surface area contributed by atoms with Gasteiger partial charge in [0.05, 0.1) is 24.9 Å². The van der Waals surface area contributed by atoms with Crippen LogP contribution in [0.1, 0.15) is 26.7 Å². The zero-order valence-electron chi connectivity index (χ0n) is 11.8. The van der Waals surface area contributed by atoms with E-state index >= 15 is 0 Å². The molecule has 0 aromatic carbocycles. The van der Waals surface area contributed by atoms with Crippen LogP contribution in [0.25, 0.3) is 0 Å². The monoisotopic (exact) mass is 291 g/mol. The maximum absolute atomic E-state index is 10.1. The Bertz CT molecular complexity index is 343. The molecular weight excluding hydrogens is 266 g/mol. The first-order valence-corrected chi connectivity index (χ1v) is 7.08. The summed E-state index contributed by atoms with van der Waals surface area (Å²) >= 11 is 0. The summed E-state index contributed by atoms with van der Waals surface area (Å²) in [6.07, 6.45) is -4.59. The van der Waals surface area contributed by atoms with Gasteiger partial charge in [-0.2, -0.15) is 0 Å². The molecule has 0 bridgehead atoms. The van der Waals surface area contributed by atoms with Crippen LogP contribution < -0.4 is 5.73 Å². The summed E-state index contributed by atoms with van der Waals surface area (Å²) in [5.74, 6) is -1.37. The average Bonchev–Trinajstić information content (AvgIpc) is 2.60. The van der Waals surface area contributed by atoms with E-state index in [1.165, 1.54) is 0 Å². The summed E-state index contributed by atoms with van der Waals surface area (Å²) in [5, 5.41) is 39.7. The molecule has 2 rings (SSSR count). The highest BCUT2D eigenvalue weighted by atomic mass is 16.7. The zero-order valence-corrected chi connectivity index (χ0v) is 11.8. The second kappa shape index (κ2) is 5.84. The van der Waals surface area contributed by atoms with E-state index in [4.69, 9.17) is 15.2 Å². The van der Waals surface area contributed by atoms with Crippen molar-refractivity contribution in [2.45, 2.75) is 69.1 Å². The molecule has 7 heteroatoms. The average molecular weight is 291 g/mol. The summed E-state index contributed by atoms with van der Waals surface area (Å²) < 4.78 is 11.2. The first-order valence-electron chi connectivity index (χ1n) is 7.08. The highest BCUT2D eigenvalue weighted by molar-refractivity contribution is 4.98. The molecule has 2 aliphatic rings. The van der Waals surface area contributed by atoms with Gasteiger partial charge in [-0.25, -0.2) is 0 Å². The maximum Gasteiger partial charge on any atom is 0.210 e. The van der Waals surface area contributed by atoms with Crippen molar-refractivity contribution < 1.29 is 29.9 Å². The molecule has 0 spiro atoms. The van der Waals surface area contributed by atoms with Crippen LogP contribution in [0.2, 0.25) is 0 Å². The molecule has 1 saturated carbocycles. The predicted octanol–water partition coefficient (Wildman–Crippen LogP) is -1.68. The van der Waals surface area contributed by atoms with E-state index in [2.05, 4.69) is 0 Å². The first-order chi connectivity index (χ1) is 9.30. The van der Waals surface area contributed by atoms with E-state index < -0.39 is 42.4 Å². The normalized spacial score (nSPS) is 53.2. The largest absolute Gasteiger partial charge is 0.390 e. The highest BCUT2D eigenvalue weighted by Gasteiger charge is 2.55. The Morgan fingerprint density at radius 2 is 1.80 bits per heavy atom. The van der Waals surface area contributed by atoms with E-state index in [9.17, 15) is 20.4 Å². The third-order valence-corrected chi connectivity index (χ3v) is 4.33. The number of nitrogens with two attached hydrogens (primary N) is 1. The van der Waals surface area contributed by atoms with Crippen LogP contribution in [0.4, 0.5) is 0 Å². The van der Waals surface area contributed by atoms with Gasteiger partial charge in [0.1, 0.15) is 18.3 Å². The zero-order chi connectivity index (χ0) is 15.1. The molecule has 1 aliphatic heterocycles. The lowest BCUT2D eigenvalue weighted by atomic mass is 9.84. The molecule has 0 amide bonds. The van der Waals surface area contributed by atoms with E-state index in [1.807, 2.05) is 6.92 Å².